The van der Waals surface area contributed by atoms with E-state index in [0.717, 1.165) is 6.42 Å². The van der Waals surface area contributed by atoms with Gasteiger partial charge in [-0.15, -0.1) is 0 Å². The van der Waals surface area contributed by atoms with Crippen LogP contribution in [0.1, 0.15) is 38.7 Å². The standard InChI is InChI=1S/C21H25N3O6/c1-4-14(2)16-5-9-18(10-6-16)29-13-20(25)22-23-21(26)15(3)30-19-11-7-17(8-12-19)24(27)28/h5-12,14-15H,4,13H2,1-3H3,(H,22,25)(H,23,26). The average Bonchev–Trinajstić information content (AvgIpc) is 2.76. The van der Waals surface area contributed by atoms with Crippen molar-refractivity contribution in [1.82, 2.24) is 10.9 Å². The summed E-state index contributed by atoms with van der Waals surface area (Å²) >= 11 is 0. The topological polar surface area (TPSA) is 120 Å². The van der Waals surface area contributed by atoms with Crippen LogP contribution in [0.3, 0.4) is 0 Å². The highest BCUT2D eigenvalue weighted by Gasteiger charge is 2.16. The third-order valence-corrected chi connectivity index (χ3v) is 4.49. The molecule has 0 fully saturated rings. The van der Waals surface area contributed by atoms with Crippen molar-refractivity contribution in [3.8, 4) is 11.5 Å². The molecule has 2 rings (SSSR count). The van der Waals surface area contributed by atoms with Gasteiger partial charge in [0.2, 0.25) is 0 Å². The van der Waals surface area contributed by atoms with Gasteiger partial charge in [-0.25, -0.2) is 0 Å². The summed E-state index contributed by atoms with van der Waals surface area (Å²) in [5.41, 5.74) is 5.61. The number of nitrogens with one attached hydrogen (secondary N) is 2. The molecule has 30 heavy (non-hydrogen) atoms. The molecule has 2 aromatic rings. The zero-order valence-corrected chi connectivity index (χ0v) is 17.1. The molecule has 0 aliphatic heterocycles. The number of carbonyl (C=O) groups excluding carboxylic acids is 2. The van der Waals surface area contributed by atoms with Crippen molar-refractivity contribution in [3.63, 3.8) is 0 Å². The van der Waals surface area contributed by atoms with Crippen LogP contribution in [0.5, 0.6) is 11.5 Å². The van der Waals surface area contributed by atoms with E-state index in [1.165, 1.54) is 36.8 Å². The van der Waals surface area contributed by atoms with E-state index >= 15 is 0 Å². The van der Waals surface area contributed by atoms with E-state index in [1.807, 2.05) is 12.1 Å². The van der Waals surface area contributed by atoms with Crippen LogP contribution in [0.25, 0.3) is 0 Å². The van der Waals surface area contributed by atoms with Gasteiger partial charge in [-0.2, -0.15) is 0 Å². The van der Waals surface area contributed by atoms with Crippen LogP contribution in [0.2, 0.25) is 0 Å². The Bertz CT molecular complexity index is 867. The molecule has 0 aromatic heterocycles. The van der Waals surface area contributed by atoms with Gasteiger partial charge in [0.15, 0.2) is 12.7 Å². The zero-order valence-electron chi connectivity index (χ0n) is 17.1. The van der Waals surface area contributed by atoms with E-state index in [9.17, 15) is 19.7 Å². The molecule has 0 aliphatic carbocycles. The van der Waals surface area contributed by atoms with Gasteiger partial charge < -0.3 is 9.47 Å². The summed E-state index contributed by atoms with van der Waals surface area (Å²) in [6.45, 7) is 5.47. The molecule has 0 spiro atoms. The summed E-state index contributed by atoms with van der Waals surface area (Å²) in [5.74, 6) is 0.182. The molecule has 0 aliphatic rings. The first-order chi connectivity index (χ1) is 14.3. The lowest BCUT2D eigenvalue weighted by Gasteiger charge is -2.15. The molecule has 160 valence electrons. The number of amides is 2. The SMILES string of the molecule is CCC(C)c1ccc(OCC(=O)NNC(=O)C(C)Oc2ccc([N+](=O)[O-])cc2)cc1. The first-order valence-electron chi connectivity index (χ1n) is 9.52. The molecule has 2 unspecified atom stereocenters. The number of nitro benzene ring substituents is 1. The van der Waals surface area contributed by atoms with E-state index in [4.69, 9.17) is 9.47 Å². The van der Waals surface area contributed by atoms with Gasteiger partial charge in [-0.1, -0.05) is 26.0 Å². The van der Waals surface area contributed by atoms with Crippen molar-refractivity contribution in [3.05, 3.63) is 64.2 Å². The molecule has 0 saturated heterocycles. The molecular weight excluding hydrogens is 390 g/mol. The van der Waals surface area contributed by atoms with Crippen molar-refractivity contribution in [2.45, 2.75) is 39.2 Å². The Morgan fingerprint density at radius 2 is 1.60 bits per heavy atom. The lowest BCUT2D eigenvalue weighted by molar-refractivity contribution is -0.384. The van der Waals surface area contributed by atoms with Crippen molar-refractivity contribution < 1.29 is 24.0 Å². The lowest BCUT2D eigenvalue weighted by atomic mass is 9.99. The minimum absolute atomic E-state index is 0.0822. The third kappa shape index (κ3) is 6.77. The second-order valence-electron chi connectivity index (χ2n) is 6.72. The summed E-state index contributed by atoms with van der Waals surface area (Å²) in [7, 11) is 0. The number of carbonyl (C=O) groups is 2. The van der Waals surface area contributed by atoms with Gasteiger partial charge in [0.05, 0.1) is 4.92 Å². The average molecular weight is 415 g/mol. The number of rotatable bonds is 9. The zero-order chi connectivity index (χ0) is 22.1. The minimum Gasteiger partial charge on any atom is -0.484 e. The fourth-order valence-electron chi connectivity index (χ4n) is 2.45. The molecule has 9 nitrogen and oxygen atoms in total. The normalized spacial score (nSPS) is 12.4. The van der Waals surface area contributed by atoms with Gasteiger partial charge in [-0.3, -0.25) is 30.6 Å². The summed E-state index contributed by atoms with van der Waals surface area (Å²) in [4.78, 5) is 34.0. The van der Waals surface area contributed by atoms with Gasteiger partial charge in [0, 0.05) is 12.1 Å². The second-order valence-corrected chi connectivity index (χ2v) is 6.72. The van der Waals surface area contributed by atoms with E-state index in [0.29, 0.717) is 17.4 Å². The van der Waals surface area contributed by atoms with Crippen molar-refractivity contribution in [2.75, 3.05) is 6.61 Å². The molecule has 0 heterocycles. The van der Waals surface area contributed by atoms with E-state index in [2.05, 4.69) is 24.7 Å². The van der Waals surface area contributed by atoms with Crippen molar-refractivity contribution in [2.24, 2.45) is 0 Å². The van der Waals surface area contributed by atoms with Crippen LogP contribution in [-0.2, 0) is 9.59 Å². The van der Waals surface area contributed by atoms with Crippen molar-refractivity contribution in [1.29, 1.82) is 0 Å². The smallest absolute Gasteiger partial charge is 0.279 e. The van der Waals surface area contributed by atoms with Crippen LogP contribution in [0.15, 0.2) is 48.5 Å². The van der Waals surface area contributed by atoms with Gasteiger partial charge >= 0.3 is 0 Å². The van der Waals surface area contributed by atoms with Crippen molar-refractivity contribution >= 4 is 17.5 Å². The second kappa shape index (κ2) is 10.8. The maximum atomic E-state index is 12.0. The highest BCUT2D eigenvalue weighted by molar-refractivity contribution is 5.85. The summed E-state index contributed by atoms with van der Waals surface area (Å²) in [6, 6.07) is 12.8. The van der Waals surface area contributed by atoms with Gasteiger partial charge in [0.1, 0.15) is 11.5 Å². The Hall–Kier alpha value is -3.62. The number of nitro groups is 1. The Kier molecular flexibility index (Phi) is 8.16. The number of benzene rings is 2. The number of hydrogen-bond acceptors (Lipinski definition) is 6. The highest BCUT2D eigenvalue weighted by Crippen LogP contribution is 2.21. The number of hydrogen-bond donors (Lipinski definition) is 2. The van der Waals surface area contributed by atoms with Crippen LogP contribution in [0, 0.1) is 10.1 Å². The molecule has 0 saturated carbocycles. The number of nitrogens with zero attached hydrogens (tertiary/aromatic N) is 1. The maximum Gasteiger partial charge on any atom is 0.279 e. The first-order valence-corrected chi connectivity index (χ1v) is 9.52. The fourth-order valence-corrected chi connectivity index (χ4v) is 2.45. The molecular formula is C21H25N3O6. The summed E-state index contributed by atoms with van der Waals surface area (Å²) in [5, 5.41) is 10.6. The molecule has 0 bridgehead atoms. The number of ether oxygens (including phenoxy) is 2. The molecule has 9 heteroatoms. The molecule has 2 atom stereocenters. The molecule has 2 N–H and O–H groups in total. The predicted molar refractivity (Wildman–Crippen MR) is 110 cm³/mol. The van der Waals surface area contributed by atoms with E-state index in [1.54, 1.807) is 12.1 Å². The van der Waals surface area contributed by atoms with E-state index < -0.39 is 22.8 Å². The minimum atomic E-state index is -0.930. The number of non-ortho nitro benzene ring substituents is 1. The Balaban J connectivity index is 1.74. The molecule has 2 aromatic carbocycles. The quantitative estimate of drug-likeness (QED) is 0.480. The molecule has 0 radical (unpaired) electrons. The predicted octanol–water partition coefficient (Wildman–Crippen LogP) is 3.10. The number of hydrazine groups is 1. The van der Waals surface area contributed by atoms with E-state index in [-0.39, 0.29) is 12.3 Å². The lowest BCUT2D eigenvalue weighted by Crippen LogP contribution is -2.48. The first kappa shape index (κ1) is 22.7. The largest absolute Gasteiger partial charge is 0.484 e. The summed E-state index contributed by atoms with van der Waals surface area (Å²) in [6.07, 6.45) is 0.107. The van der Waals surface area contributed by atoms with Crippen LogP contribution < -0.4 is 20.3 Å². The maximum absolute atomic E-state index is 12.0. The fraction of sp³-hybridized carbons (Fsp3) is 0.333. The molecule has 2 amide bonds. The van der Waals surface area contributed by atoms with Crippen LogP contribution in [-0.4, -0.2) is 29.4 Å². The summed E-state index contributed by atoms with van der Waals surface area (Å²) < 4.78 is 10.8. The highest BCUT2D eigenvalue weighted by atomic mass is 16.6. The Morgan fingerprint density at radius 3 is 2.17 bits per heavy atom. The van der Waals surface area contributed by atoms with Gasteiger partial charge in [0.25, 0.3) is 17.5 Å². The Morgan fingerprint density at radius 1 is 1.00 bits per heavy atom. The monoisotopic (exact) mass is 415 g/mol. The Labute approximate surface area is 174 Å². The van der Waals surface area contributed by atoms with Crippen LogP contribution in [0.4, 0.5) is 5.69 Å². The third-order valence-electron chi connectivity index (χ3n) is 4.49. The van der Waals surface area contributed by atoms with Crippen LogP contribution >= 0.6 is 0 Å². The van der Waals surface area contributed by atoms with Gasteiger partial charge in [-0.05, 0) is 49.1 Å².